The highest BCUT2D eigenvalue weighted by Crippen LogP contribution is 2.20. The molecule has 0 bridgehead atoms. The van der Waals surface area contributed by atoms with Crippen LogP contribution in [0.5, 0.6) is 0 Å². The smallest absolute Gasteiger partial charge is 0.254 e. The lowest BCUT2D eigenvalue weighted by atomic mass is 10.2. The van der Waals surface area contributed by atoms with Gasteiger partial charge in [-0.05, 0) is 31.0 Å². The summed E-state index contributed by atoms with van der Waals surface area (Å²) in [7, 11) is -3.69. The van der Waals surface area contributed by atoms with E-state index in [1.54, 1.807) is 34.6 Å². The molecule has 0 radical (unpaired) electrons. The molecule has 3 heterocycles. The van der Waals surface area contributed by atoms with Crippen LogP contribution in [0.2, 0.25) is 0 Å². The second-order valence-corrected chi connectivity index (χ2v) is 9.75. The van der Waals surface area contributed by atoms with Gasteiger partial charge in [-0.15, -0.1) is 11.3 Å². The SMILES string of the molecule is O=C(c1cccc(S(=O)(=O)NC[C@H]2CCCO2)c1)N1CCN(c2nccs2)CC1. The molecule has 2 aromatic rings. The molecule has 1 aromatic heterocycles. The fraction of sp³-hybridized carbons (Fsp3) is 0.474. The number of nitrogens with zero attached hydrogens (tertiary/aromatic N) is 3. The van der Waals surface area contributed by atoms with E-state index < -0.39 is 10.0 Å². The summed E-state index contributed by atoms with van der Waals surface area (Å²) in [6.45, 7) is 3.49. The molecule has 0 saturated carbocycles. The predicted octanol–water partition coefficient (Wildman–Crippen LogP) is 1.56. The number of hydrogen-bond acceptors (Lipinski definition) is 7. The Bertz CT molecular complexity index is 935. The van der Waals surface area contributed by atoms with Crippen molar-refractivity contribution >= 4 is 32.4 Å². The summed E-state index contributed by atoms with van der Waals surface area (Å²) in [6.07, 6.45) is 3.50. The molecule has 0 aliphatic carbocycles. The molecular formula is C19H24N4O4S2. The average molecular weight is 437 g/mol. The number of carbonyl (C=O) groups is 1. The highest BCUT2D eigenvalue weighted by atomic mass is 32.2. The van der Waals surface area contributed by atoms with E-state index in [0.29, 0.717) is 38.3 Å². The van der Waals surface area contributed by atoms with E-state index in [9.17, 15) is 13.2 Å². The molecular weight excluding hydrogens is 412 g/mol. The first-order chi connectivity index (χ1) is 14.0. The molecule has 29 heavy (non-hydrogen) atoms. The number of thiazole rings is 1. The standard InChI is InChI=1S/C19H24N4O4S2/c24-18(22-7-9-23(10-8-22)19-20-6-12-28-19)15-3-1-5-17(13-15)29(25,26)21-14-16-4-2-11-27-16/h1,3,5-6,12-13,16,21H,2,4,7-11,14H2/t16-/m1/s1. The molecule has 0 unspecified atom stereocenters. The molecule has 1 amide bonds. The normalized spacial score (nSPS) is 20.2. The zero-order valence-electron chi connectivity index (χ0n) is 16.0. The number of hydrogen-bond donors (Lipinski definition) is 1. The van der Waals surface area contributed by atoms with Crippen LogP contribution in [0.3, 0.4) is 0 Å². The highest BCUT2D eigenvalue weighted by Gasteiger charge is 2.25. The van der Waals surface area contributed by atoms with E-state index in [0.717, 1.165) is 18.0 Å². The van der Waals surface area contributed by atoms with Crippen LogP contribution in [0, 0.1) is 0 Å². The average Bonchev–Trinajstić information content (AvgIpc) is 3.46. The van der Waals surface area contributed by atoms with Crippen molar-refractivity contribution in [3.8, 4) is 0 Å². The number of rotatable bonds is 6. The molecule has 0 spiro atoms. The maximum atomic E-state index is 12.9. The maximum absolute atomic E-state index is 12.9. The minimum Gasteiger partial charge on any atom is -0.377 e. The molecule has 2 aliphatic rings. The van der Waals surface area contributed by atoms with E-state index in [4.69, 9.17) is 4.74 Å². The van der Waals surface area contributed by atoms with Gasteiger partial charge in [-0.1, -0.05) is 6.07 Å². The van der Waals surface area contributed by atoms with Crippen molar-refractivity contribution in [1.82, 2.24) is 14.6 Å². The van der Waals surface area contributed by atoms with Crippen molar-refractivity contribution in [2.45, 2.75) is 23.8 Å². The summed E-state index contributed by atoms with van der Waals surface area (Å²) in [6, 6.07) is 6.23. The third-order valence-corrected chi connectivity index (χ3v) is 7.43. The first-order valence-corrected chi connectivity index (χ1v) is 12.0. The number of benzene rings is 1. The predicted molar refractivity (Wildman–Crippen MR) is 111 cm³/mol. The van der Waals surface area contributed by atoms with Crippen molar-refractivity contribution in [3.05, 3.63) is 41.4 Å². The molecule has 4 rings (SSSR count). The van der Waals surface area contributed by atoms with Crippen LogP contribution >= 0.6 is 11.3 Å². The summed E-state index contributed by atoms with van der Waals surface area (Å²) in [5, 5.41) is 2.90. The summed E-state index contributed by atoms with van der Waals surface area (Å²) in [4.78, 5) is 21.2. The monoisotopic (exact) mass is 436 g/mol. The van der Waals surface area contributed by atoms with Crippen molar-refractivity contribution < 1.29 is 17.9 Å². The third-order valence-electron chi connectivity index (χ3n) is 5.17. The minimum absolute atomic E-state index is 0.0799. The molecule has 2 saturated heterocycles. The van der Waals surface area contributed by atoms with Gasteiger partial charge >= 0.3 is 0 Å². The van der Waals surface area contributed by atoms with Crippen LogP contribution in [-0.4, -0.2) is 69.6 Å². The van der Waals surface area contributed by atoms with Crippen LogP contribution in [0.1, 0.15) is 23.2 Å². The highest BCUT2D eigenvalue weighted by molar-refractivity contribution is 7.89. The van der Waals surface area contributed by atoms with Crippen LogP contribution in [0.15, 0.2) is 40.7 Å². The van der Waals surface area contributed by atoms with Crippen LogP contribution < -0.4 is 9.62 Å². The number of aromatic nitrogens is 1. The van der Waals surface area contributed by atoms with E-state index in [1.807, 2.05) is 5.38 Å². The van der Waals surface area contributed by atoms with E-state index in [1.165, 1.54) is 12.1 Å². The van der Waals surface area contributed by atoms with Gasteiger partial charge in [0.25, 0.3) is 5.91 Å². The molecule has 1 atom stereocenters. The van der Waals surface area contributed by atoms with Crippen molar-refractivity contribution in [2.75, 3.05) is 44.2 Å². The summed E-state index contributed by atoms with van der Waals surface area (Å²) in [5.41, 5.74) is 0.382. The zero-order chi connectivity index (χ0) is 20.3. The zero-order valence-corrected chi connectivity index (χ0v) is 17.6. The Kier molecular flexibility index (Phi) is 6.14. The summed E-state index contributed by atoms with van der Waals surface area (Å²) >= 11 is 1.58. The lowest BCUT2D eigenvalue weighted by molar-refractivity contribution is 0.0746. The van der Waals surface area contributed by atoms with Gasteiger partial charge in [0, 0.05) is 56.5 Å². The second-order valence-electron chi connectivity index (χ2n) is 7.11. The number of carbonyl (C=O) groups excluding carboxylic acids is 1. The topological polar surface area (TPSA) is 91.8 Å². The lowest BCUT2D eigenvalue weighted by Gasteiger charge is -2.34. The van der Waals surface area contributed by atoms with Crippen molar-refractivity contribution in [2.24, 2.45) is 0 Å². The van der Waals surface area contributed by atoms with E-state index in [-0.39, 0.29) is 23.5 Å². The maximum Gasteiger partial charge on any atom is 0.254 e. The molecule has 1 N–H and O–H groups in total. The number of piperazine rings is 1. The Morgan fingerprint density at radius 2 is 2.10 bits per heavy atom. The minimum atomic E-state index is -3.69. The molecule has 2 fully saturated rings. The lowest BCUT2D eigenvalue weighted by Crippen LogP contribution is -2.48. The van der Waals surface area contributed by atoms with Gasteiger partial charge in [-0.25, -0.2) is 18.1 Å². The van der Waals surface area contributed by atoms with Gasteiger partial charge in [-0.3, -0.25) is 4.79 Å². The molecule has 156 valence electrons. The van der Waals surface area contributed by atoms with Crippen LogP contribution in [-0.2, 0) is 14.8 Å². The number of amides is 1. The molecule has 2 aliphatic heterocycles. The van der Waals surface area contributed by atoms with E-state index in [2.05, 4.69) is 14.6 Å². The Morgan fingerprint density at radius 1 is 1.28 bits per heavy atom. The van der Waals surface area contributed by atoms with Gasteiger partial charge in [-0.2, -0.15) is 0 Å². The second kappa shape index (κ2) is 8.78. The molecule has 10 heteroatoms. The fourth-order valence-corrected chi connectivity index (χ4v) is 5.35. The quantitative estimate of drug-likeness (QED) is 0.739. The Morgan fingerprint density at radius 3 is 2.79 bits per heavy atom. The van der Waals surface area contributed by atoms with Crippen LogP contribution in [0.25, 0.3) is 0 Å². The first kappa shape index (κ1) is 20.3. The number of anilines is 1. The number of sulfonamides is 1. The number of nitrogens with one attached hydrogen (secondary N) is 1. The largest absolute Gasteiger partial charge is 0.377 e. The van der Waals surface area contributed by atoms with Gasteiger partial charge in [0.05, 0.1) is 11.0 Å². The van der Waals surface area contributed by atoms with Crippen molar-refractivity contribution in [1.29, 1.82) is 0 Å². The molecule has 1 aromatic carbocycles. The summed E-state index contributed by atoms with van der Waals surface area (Å²) < 4.78 is 33.3. The van der Waals surface area contributed by atoms with Gasteiger partial charge < -0.3 is 14.5 Å². The fourth-order valence-electron chi connectivity index (χ4n) is 3.54. The molecule has 8 nitrogen and oxygen atoms in total. The van der Waals surface area contributed by atoms with Gasteiger partial charge in [0.1, 0.15) is 0 Å². The third kappa shape index (κ3) is 4.77. The Balaban J connectivity index is 1.39. The van der Waals surface area contributed by atoms with Gasteiger partial charge in [0.2, 0.25) is 10.0 Å². The first-order valence-electron chi connectivity index (χ1n) is 9.68. The number of ether oxygens (including phenoxy) is 1. The van der Waals surface area contributed by atoms with Gasteiger partial charge in [0.15, 0.2) is 5.13 Å². The summed E-state index contributed by atoms with van der Waals surface area (Å²) in [5.74, 6) is -0.153. The van der Waals surface area contributed by atoms with Crippen molar-refractivity contribution in [3.63, 3.8) is 0 Å². The Labute approximate surface area is 174 Å². The van der Waals surface area contributed by atoms with Crippen LogP contribution in [0.4, 0.5) is 5.13 Å². The Hall–Kier alpha value is -2.01. The van der Waals surface area contributed by atoms with E-state index >= 15 is 0 Å².